The molecule has 2 fully saturated rings. The van der Waals surface area contributed by atoms with Crippen LogP contribution in [-0.4, -0.2) is 56.8 Å². The lowest BCUT2D eigenvalue weighted by Gasteiger charge is -2.39. The molecule has 2 aromatic rings. The molecule has 176 valence electrons. The fourth-order valence-corrected chi connectivity index (χ4v) is 5.07. The number of benzene rings is 1. The van der Waals surface area contributed by atoms with Gasteiger partial charge in [0.05, 0.1) is 12.2 Å². The maximum Gasteiger partial charge on any atom is 0.407 e. The predicted octanol–water partition coefficient (Wildman–Crippen LogP) is 3.77. The number of carbonyl (C=O) groups is 1. The van der Waals surface area contributed by atoms with Gasteiger partial charge in [-0.3, -0.25) is 4.90 Å². The summed E-state index contributed by atoms with van der Waals surface area (Å²) in [6.07, 6.45) is 4.88. The molecule has 0 bridgehead atoms. The van der Waals surface area contributed by atoms with Crippen LogP contribution in [0.25, 0.3) is 0 Å². The molecule has 1 saturated carbocycles. The quantitative estimate of drug-likeness (QED) is 0.756. The van der Waals surface area contributed by atoms with Crippen molar-refractivity contribution in [2.75, 3.05) is 13.1 Å². The number of likely N-dealkylation sites (tertiary alicyclic amines) is 1. The average molecular weight is 455 g/mol. The number of alkyl carbamates (subject to hydrolysis) is 1. The number of hydrogen-bond donors (Lipinski definition) is 1. The molecule has 4 atom stereocenters. The molecule has 9 heteroatoms. The zero-order chi connectivity index (χ0) is 23.6. The van der Waals surface area contributed by atoms with Gasteiger partial charge in [0, 0.05) is 18.6 Å². The first-order valence-corrected chi connectivity index (χ1v) is 11.5. The van der Waals surface area contributed by atoms with E-state index in [-0.39, 0.29) is 29.9 Å². The van der Waals surface area contributed by atoms with Crippen LogP contribution in [0.2, 0.25) is 0 Å². The Bertz CT molecular complexity index is 1010. The van der Waals surface area contributed by atoms with Crippen LogP contribution in [0, 0.1) is 17.1 Å². The van der Waals surface area contributed by atoms with Crippen molar-refractivity contribution in [2.45, 2.75) is 76.1 Å². The zero-order valence-corrected chi connectivity index (χ0v) is 19.4. The first-order valence-electron chi connectivity index (χ1n) is 11.5. The summed E-state index contributed by atoms with van der Waals surface area (Å²) in [6.45, 7) is 7.20. The van der Waals surface area contributed by atoms with Gasteiger partial charge in [0.1, 0.15) is 17.5 Å². The fraction of sp³-hybridized carbons (Fsp3) is 0.583. The molecule has 1 amide bonds. The molecule has 1 aliphatic heterocycles. The van der Waals surface area contributed by atoms with Crippen LogP contribution in [0.4, 0.5) is 9.18 Å². The first-order chi connectivity index (χ1) is 15.7. The average Bonchev–Trinajstić information content (AvgIpc) is 3.40. The highest BCUT2D eigenvalue weighted by Crippen LogP contribution is 2.44. The lowest BCUT2D eigenvalue weighted by atomic mass is 9.97. The second-order valence-electron chi connectivity index (χ2n) is 10.0. The molecule has 1 saturated heterocycles. The van der Waals surface area contributed by atoms with Crippen molar-refractivity contribution in [3.05, 3.63) is 47.5 Å². The van der Waals surface area contributed by atoms with E-state index < -0.39 is 11.7 Å². The number of nitrogens with one attached hydrogen (secondary N) is 1. The number of ether oxygens (including phenoxy) is 1. The van der Waals surface area contributed by atoms with Crippen molar-refractivity contribution in [1.29, 1.82) is 5.26 Å². The molecule has 33 heavy (non-hydrogen) atoms. The maximum absolute atomic E-state index is 13.5. The third kappa shape index (κ3) is 5.69. The SMILES string of the molecule is CC(C)(C)OC(=O)N[C@@H]1CCCN(C2CC(c3ccc(F)cc3)CC2n2cc(C#N)nn2)C1. The predicted molar refractivity (Wildman–Crippen MR) is 120 cm³/mol. The molecule has 4 rings (SSSR count). The summed E-state index contributed by atoms with van der Waals surface area (Å²) in [5, 5.41) is 20.4. The van der Waals surface area contributed by atoms with Gasteiger partial charge in [-0.15, -0.1) is 5.10 Å². The summed E-state index contributed by atoms with van der Waals surface area (Å²) in [4.78, 5) is 14.7. The number of halogens is 1. The number of nitriles is 1. The monoisotopic (exact) mass is 454 g/mol. The molecular weight excluding hydrogens is 423 g/mol. The van der Waals surface area contributed by atoms with Crippen LogP contribution in [0.3, 0.4) is 0 Å². The second-order valence-corrected chi connectivity index (χ2v) is 10.0. The largest absolute Gasteiger partial charge is 0.444 e. The topological polar surface area (TPSA) is 96.1 Å². The van der Waals surface area contributed by atoms with E-state index in [0.29, 0.717) is 5.69 Å². The first kappa shape index (κ1) is 23.2. The number of rotatable bonds is 4. The number of amides is 1. The Morgan fingerprint density at radius 3 is 2.64 bits per heavy atom. The van der Waals surface area contributed by atoms with Gasteiger partial charge in [-0.05, 0) is 76.6 Å². The van der Waals surface area contributed by atoms with E-state index in [9.17, 15) is 14.4 Å². The minimum atomic E-state index is -0.539. The molecule has 3 unspecified atom stereocenters. The molecular formula is C24H31FN6O2. The Labute approximate surface area is 193 Å². The van der Waals surface area contributed by atoms with E-state index in [0.717, 1.165) is 44.3 Å². The van der Waals surface area contributed by atoms with Gasteiger partial charge in [-0.25, -0.2) is 13.9 Å². The Morgan fingerprint density at radius 1 is 1.24 bits per heavy atom. The molecule has 1 aromatic carbocycles. The highest BCUT2D eigenvalue weighted by molar-refractivity contribution is 5.68. The smallest absolute Gasteiger partial charge is 0.407 e. The highest BCUT2D eigenvalue weighted by atomic mass is 19.1. The van der Waals surface area contributed by atoms with Crippen molar-refractivity contribution in [1.82, 2.24) is 25.2 Å². The molecule has 0 spiro atoms. The maximum atomic E-state index is 13.5. The molecule has 1 aliphatic carbocycles. The number of piperidine rings is 1. The van der Waals surface area contributed by atoms with Gasteiger partial charge in [0.15, 0.2) is 5.69 Å². The normalized spacial score (nSPS) is 26.0. The molecule has 2 aliphatic rings. The molecule has 8 nitrogen and oxygen atoms in total. The van der Waals surface area contributed by atoms with Gasteiger partial charge >= 0.3 is 6.09 Å². The summed E-state index contributed by atoms with van der Waals surface area (Å²) in [5.74, 6) is 0.00130. The molecule has 1 aromatic heterocycles. The van der Waals surface area contributed by atoms with Crippen molar-refractivity contribution in [3.63, 3.8) is 0 Å². The summed E-state index contributed by atoms with van der Waals surface area (Å²) >= 11 is 0. The Kier molecular flexibility index (Phi) is 6.66. The Hall–Kier alpha value is -2.99. The lowest BCUT2D eigenvalue weighted by Crippen LogP contribution is -2.52. The van der Waals surface area contributed by atoms with Crippen molar-refractivity contribution in [2.24, 2.45) is 0 Å². The van der Waals surface area contributed by atoms with Crippen LogP contribution in [-0.2, 0) is 4.74 Å². The molecule has 0 radical (unpaired) electrons. The van der Waals surface area contributed by atoms with Gasteiger partial charge in [-0.1, -0.05) is 17.3 Å². The number of hydrogen-bond acceptors (Lipinski definition) is 6. The van der Waals surface area contributed by atoms with Crippen molar-refractivity contribution >= 4 is 6.09 Å². The van der Waals surface area contributed by atoms with Crippen LogP contribution in [0.15, 0.2) is 30.5 Å². The van der Waals surface area contributed by atoms with Gasteiger partial charge in [0.25, 0.3) is 0 Å². The molecule has 1 N–H and O–H groups in total. The number of carbonyl (C=O) groups excluding carboxylic acids is 1. The number of aromatic nitrogens is 3. The zero-order valence-electron chi connectivity index (χ0n) is 19.4. The van der Waals surface area contributed by atoms with Gasteiger partial charge in [0.2, 0.25) is 0 Å². The third-order valence-corrected chi connectivity index (χ3v) is 6.44. The van der Waals surface area contributed by atoms with Crippen LogP contribution in [0.1, 0.15) is 69.7 Å². The van der Waals surface area contributed by atoms with Crippen LogP contribution < -0.4 is 5.32 Å². The minimum absolute atomic E-state index is 0.00420. The second kappa shape index (κ2) is 9.48. The number of nitrogens with zero attached hydrogens (tertiary/aromatic N) is 5. The summed E-state index contributed by atoms with van der Waals surface area (Å²) in [7, 11) is 0. The van der Waals surface area contributed by atoms with E-state index in [2.05, 4.69) is 26.6 Å². The standard InChI is InChI=1S/C24H31FN6O2/c1-24(2,3)33-23(32)27-19-5-4-10-30(14-19)21-11-17(16-6-8-18(25)9-7-16)12-22(21)31-15-20(13-26)28-29-31/h6-9,15,17,19,21-22H,4-5,10-12,14H2,1-3H3,(H,27,32)/t17?,19-,21?,22?/m1/s1. The van der Waals surface area contributed by atoms with E-state index in [1.165, 1.54) is 12.1 Å². The Morgan fingerprint density at radius 2 is 1.97 bits per heavy atom. The van der Waals surface area contributed by atoms with Crippen molar-refractivity contribution < 1.29 is 13.9 Å². The lowest BCUT2D eigenvalue weighted by molar-refractivity contribution is 0.0441. The van der Waals surface area contributed by atoms with Gasteiger partial charge < -0.3 is 10.1 Å². The highest BCUT2D eigenvalue weighted by Gasteiger charge is 2.41. The third-order valence-electron chi connectivity index (χ3n) is 6.44. The molecule has 2 heterocycles. The van der Waals surface area contributed by atoms with Gasteiger partial charge in [-0.2, -0.15) is 5.26 Å². The van der Waals surface area contributed by atoms with Crippen molar-refractivity contribution in [3.8, 4) is 6.07 Å². The summed E-state index contributed by atoms with van der Waals surface area (Å²) in [5.41, 5.74) is 0.857. The van der Waals surface area contributed by atoms with E-state index >= 15 is 0 Å². The van der Waals surface area contributed by atoms with E-state index in [4.69, 9.17) is 4.74 Å². The van der Waals surface area contributed by atoms with Crippen LogP contribution >= 0.6 is 0 Å². The van der Waals surface area contributed by atoms with E-state index in [1.54, 1.807) is 10.9 Å². The Balaban J connectivity index is 1.51. The minimum Gasteiger partial charge on any atom is -0.444 e. The van der Waals surface area contributed by atoms with Crippen LogP contribution in [0.5, 0.6) is 0 Å². The summed E-state index contributed by atoms with van der Waals surface area (Å²) < 4.78 is 20.7. The fourth-order valence-electron chi connectivity index (χ4n) is 5.07. The van der Waals surface area contributed by atoms with E-state index in [1.807, 2.05) is 32.9 Å². The summed E-state index contributed by atoms with van der Waals surface area (Å²) in [6, 6.07) is 8.96.